The van der Waals surface area contributed by atoms with Gasteiger partial charge in [0.15, 0.2) is 5.82 Å². The van der Waals surface area contributed by atoms with Crippen LogP contribution in [0.2, 0.25) is 0 Å². The fourth-order valence-corrected chi connectivity index (χ4v) is 5.28. The smallest absolute Gasteiger partial charge is 0.223 e. The van der Waals surface area contributed by atoms with E-state index in [1.807, 2.05) is 24.5 Å². The molecule has 1 aromatic carbocycles. The first-order chi connectivity index (χ1) is 15.6. The zero-order chi connectivity index (χ0) is 21.9. The van der Waals surface area contributed by atoms with Crippen LogP contribution in [-0.4, -0.2) is 48.4 Å². The van der Waals surface area contributed by atoms with Crippen molar-refractivity contribution < 1.29 is 0 Å². The predicted molar refractivity (Wildman–Crippen MR) is 129 cm³/mol. The molecule has 0 radical (unpaired) electrons. The van der Waals surface area contributed by atoms with Gasteiger partial charge >= 0.3 is 0 Å². The second kappa shape index (κ2) is 9.37. The Morgan fingerprint density at radius 2 is 1.88 bits per heavy atom. The van der Waals surface area contributed by atoms with Crippen LogP contribution in [0.5, 0.6) is 0 Å². The maximum Gasteiger partial charge on any atom is 0.223 e. The molecule has 5 rings (SSSR count). The summed E-state index contributed by atoms with van der Waals surface area (Å²) in [6.45, 7) is 2.50. The molecule has 164 valence electrons. The Morgan fingerprint density at radius 3 is 2.62 bits per heavy atom. The first-order valence-corrected chi connectivity index (χ1v) is 11.9. The molecule has 3 N–H and O–H groups in total. The summed E-state index contributed by atoms with van der Waals surface area (Å²) in [5.74, 6) is 2.75. The Labute approximate surface area is 201 Å². The minimum atomic E-state index is 0.453. The monoisotopic (exact) mass is 557 g/mol. The summed E-state index contributed by atoms with van der Waals surface area (Å²) >= 11 is 7.03. The Morgan fingerprint density at radius 1 is 1.06 bits per heavy atom. The van der Waals surface area contributed by atoms with Crippen LogP contribution in [0.1, 0.15) is 30.0 Å². The number of benzene rings is 1. The second-order valence-electron chi connectivity index (χ2n) is 7.67. The molecule has 11 heteroatoms. The molecule has 32 heavy (non-hydrogen) atoms. The first-order valence-electron chi connectivity index (χ1n) is 10.3. The molecule has 0 unspecified atom stereocenters. The molecule has 9 nitrogen and oxygen atoms in total. The van der Waals surface area contributed by atoms with E-state index in [9.17, 15) is 0 Å². The van der Waals surface area contributed by atoms with Crippen molar-refractivity contribution in [2.45, 2.75) is 25.3 Å². The van der Waals surface area contributed by atoms with E-state index < -0.39 is 0 Å². The summed E-state index contributed by atoms with van der Waals surface area (Å²) in [4.78, 5) is 19.3. The SMILES string of the molecule is Brc1cc(Br)cc(CNc2nccc(-c3ncc(N4CCC(c5cn[nH]n5)CC4)[nH]3)n2)c1. The van der Waals surface area contributed by atoms with Crippen molar-refractivity contribution in [3.05, 3.63) is 63.1 Å². The highest BCUT2D eigenvalue weighted by Gasteiger charge is 2.23. The van der Waals surface area contributed by atoms with E-state index in [1.54, 1.807) is 6.20 Å². The van der Waals surface area contributed by atoms with Crippen molar-refractivity contribution in [2.75, 3.05) is 23.3 Å². The highest BCUT2D eigenvalue weighted by Crippen LogP contribution is 2.29. The molecule has 1 saturated heterocycles. The van der Waals surface area contributed by atoms with Gasteiger partial charge in [0.25, 0.3) is 0 Å². The number of halogens is 2. The lowest BCUT2D eigenvalue weighted by Crippen LogP contribution is -2.33. The molecular weight excluding hydrogens is 538 g/mol. The number of hydrogen-bond donors (Lipinski definition) is 3. The molecule has 0 amide bonds. The van der Waals surface area contributed by atoms with Gasteiger partial charge in [0.2, 0.25) is 5.95 Å². The maximum absolute atomic E-state index is 4.63. The third-order valence-corrected chi connectivity index (χ3v) is 6.44. The van der Waals surface area contributed by atoms with Crippen molar-refractivity contribution >= 4 is 43.6 Å². The summed E-state index contributed by atoms with van der Waals surface area (Å²) in [5.41, 5.74) is 2.92. The van der Waals surface area contributed by atoms with Crippen LogP contribution in [-0.2, 0) is 6.54 Å². The van der Waals surface area contributed by atoms with E-state index in [4.69, 9.17) is 0 Å². The summed E-state index contributed by atoms with van der Waals surface area (Å²) in [5, 5.41) is 14.2. The third kappa shape index (κ3) is 4.83. The number of aromatic amines is 2. The van der Waals surface area contributed by atoms with Gasteiger partial charge in [0, 0.05) is 40.7 Å². The molecule has 0 atom stereocenters. The van der Waals surface area contributed by atoms with Crippen LogP contribution in [0.3, 0.4) is 0 Å². The van der Waals surface area contributed by atoms with Crippen molar-refractivity contribution in [3.8, 4) is 11.5 Å². The largest absolute Gasteiger partial charge is 0.357 e. The lowest BCUT2D eigenvalue weighted by Gasteiger charge is -2.31. The van der Waals surface area contributed by atoms with Gasteiger partial charge in [-0.05, 0) is 42.7 Å². The minimum Gasteiger partial charge on any atom is -0.357 e. The maximum atomic E-state index is 4.63. The summed E-state index contributed by atoms with van der Waals surface area (Å²) in [7, 11) is 0. The molecular formula is C21H21Br2N9. The van der Waals surface area contributed by atoms with E-state index >= 15 is 0 Å². The number of nitrogens with one attached hydrogen (secondary N) is 3. The van der Waals surface area contributed by atoms with Crippen molar-refractivity contribution in [1.82, 2.24) is 35.3 Å². The number of imidazole rings is 1. The summed E-state index contributed by atoms with van der Waals surface area (Å²) in [6, 6.07) is 7.99. The molecule has 1 aliphatic rings. The Hall–Kier alpha value is -2.79. The average molecular weight is 559 g/mol. The highest BCUT2D eigenvalue weighted by molar-refractivity contribution is 9.11. The van der Waals surface area contributed by atoms with Gasteiger partial charge in [0.05, 0.1) is 18.1 Å². The number of anilines is 2. The quantitative estimate of drug-likeness (QED) is 0.319. The van der Waals surface area contributed by atoms with E-state index in [0.717, 1.165) is 63.5 Å². The van der Waals surface area contributed by atoms with E-state index in [0.29, 0.717) is 18.4 Å². The van der Waals surface area contributed by atoms with E-state index in [2.05, 4.69) is 89.6 Å². The molecule has 0 saturated carbocycles. The van der Waals surface area contributed by atoms with Crippen LogP contribution in [0.4, 0.5) is 11.8 Å². The summed E-state index contributed by atoms with van der Waals surface area (Å²) < 4.78 is 2.04. The number of piperidine rings is 1. The molecule has 0 aliphatic carbocycles. The van der Waals surface area contributed by atoms with Gasteiger partial charge in [-0.2, -0.15) is 15.4 Å². The number of hydrogen-bond acceptors (Lipinski definition) is 7. The van der Waals surface area contributed by atoms with Gasteiger partial charge in [0.1, 0.15) is 11.5 Å². The Bertz CT molecular complexity index is 1160. The van der Waals surface area contributed by atoms with Gasteiger partial charge in [-0.3, -0.25) is 0 Å². The van der Waals surface area contributed by atoms with Gasteiger partial charge in [-0.15, -0.1) is 0 Å². The second-order valence-corrected chi connectivity index (χ2v) is 9.50. The molecule has 0 bridgehead atoms. The molecule has 1 aliphatic heterocycles. The van der Waals surface area contributed by atoms with Crippen LogP contribution in [0, 0.1) is 0 Å². The highest BCUT2D eigenvalue weighted by atomic mass is 79.9. The predicted octanol–water partition coefficient (Wildman–Crippen LogP) is 4.51. The van der Waals surface area contributed by atoms with Gasteiger partial charge < -0.3 is 15.2 Å². The minimum absolute atomic E-state index is 0.453. The molecule has 0 spiro atoms. The molecule has 4 aromatic rings. The van der Waals surface area contributed by atoms with Crippen LogP contribution < -0.4 is 10.2 Å². The molecule has 1 fully saturated rings. The number of H-pyrrole nitrogens is 2. The lowest BCUT2D eigenvalue weighted by molar-refractivity contribution is 0.493. The van der Waals surface area contributed by atoms with Crippen LogP contribution in [0.25, 0.3) is 11.5 Å². The normalized spacial score (nSPS) is 14.6. The standard InChI is InChI=1S/C21H21Br2N9/c22-15-7-13(8-16(23)9-15)10-26-21-24-4-1-17(28-21)20-25-12-19(29-20)32-5-2-14(3-6-32)18-11-27-31-30-18/h1,4,7-9,11-12,14H,2-3,5-6,10H2,(H,25,29)(H,24,26,28)(H,27,30,31). The lowest BCUT2D eigenvalue weighted by atomic mass is 9.94. The van der Waals surface area contributed by atoms with Crippen molar-refractivity contribution in [2.24, 2.45) is 0 Å². The zero-order valence-corrected chi connectivity index (χ0v) is 20.3. The Kier molecular flexibility index (Phi) is 6.17. The van der Waals surface area contributed by atoms with Crippen LogP contribution >= 0.6 is 31.9 Å². The topological polar surface area (TPSA) is 111 Å². The fraction of sp³-hybridized carbons (Fsp3) is 0.286. The van der Waals surface area contributed by atoms with Crippen molar-refractivity contribution in [1.29, 1.82) is 0 Å². The van der Waals surface area contributed by atoms with E-state index in [1.165, 1.54) is 0 Å². The molecule has 4 heterocycles. The molecule has 3 aromatic heterocycles. The fourth-order valence-electron chi connectivity index (χ4n) is 3.90. The van der Waals surface area contributed by atoms with Crippen molar-refractivity contribution in [3.63, 3.8) is 0 Å². The van der Waals surface area contributed by atoms with E-state index in [-0.39, 0.29) is 0 Å². The average Bonchev–Trinajstić information content (AvgIpc) is 3.50. The third-order valence-electron chi connectivity index (χ3n) is 5.52. The number of nitrogens with zero attached hydrogens (tertiary/aromatic N) is 6. The first kappa shape index (κ1) is 21.1. The summed E-state index contributed by atoms with van der Waals surface area (Å²) in [6.07, 6.45) is 7.51. The number of aromatic nitrogens is 7. The van der Waals surface area contributed by atoms with Gasteiger partial charge in [-0.1, -0.05) is 31.9 Å². The Balaban J connectivity index is 1.23. The van der Waals surface area contributed by atoms with Gasteiger partial charge in [-0.25, -0.2) is 15.0 Å². The zero-order valence-electron chi connectivity index (χ0n) is 17.1. The van der Waals surface area contributed by atoms with Crippen LogP contribution in [0.15, 0.2) is 51.8 Å². The number of rotatable bonds is 6.